The van der Waals surface area contributed by atoms with Crippen molar-refractivity contribution in [2.24, 2.45) is 0 Å². The molecule has 1 saturated heterocycles. The maximum absolute atomic E-state index is 13.5. The molecule has 0 radical (unpaired) electrons. The molecule has 2 aromatic rings. The number of nitrogens with one attached hydrogen (secondary N) is 1. The number of carbonyl (C=O) groups excluding carboxylic acids is 2. The standard InChI is InChI=1S/C27H31N3O2S/c1-7-18-10-8-9-11-22(18)30-25(32)21(24(31)28-26(30)33)14-19-13-20-17(3)15-27(4,5)29(6)23(20)12-16(19)2/h8-14,17H,7,15H2,1-6H3,(H,28,31,33)/b21-14-. The Labute approximate surface area is 201 Å². The van der Waals surface area contributed by atoms with Crippen molar-refractivity contribution in [3.63, 3.8) is 0 Å². The molecule has 1 fully saturated rings. The first-order valence-corrected chi connectivity index (χ1v) is 11.8. The number of hydrogen-bond acceptors (Lipinski definition) is 4. The van der Waals surface area contributed by atoms with Gasteiger partial charge in [0.25, 0.3) is 11.8 Å². The molecule has 1 unspecified atom stereocenters. The maximum Gasteiger partial charge on any atom is 0.270 e. The molecule has 0 saturated carbocycles. The van der Waals surface area contributed by atoms with E-state index in [1.165, 1.54) is 16.2 Å². The van der Waals surface area contributed by atoms with Gasteiger partial charge in [-0.1, -0.05) is 32.0 Å². The summed E-state index contributed by atoms with van der Waals surface area (Å²) in [6.45, 7) is 10.8. The predicted molar refractivity (Wildman–Crippen MR) is 139 cm³/mol. The summed E-state index contributed by atoms with van der Waals surface area (Å²) >= 11 is 5.38. The number of anilines is 2. The molecular formula is C27H31N3O2S. The van der Waals surface area contributed by atoms with Gasteiger partial charge in [-0.05, 0) is 98.3 Å². The topological polar surface area (TPSA) is 52.7 Å². The summed E-state index contributed by atoms with van der Waals surface area (Å²) in [6, 6.07) is 11.9. The van der Waals surface area contributed by atoms with E-state index in [1.807, 2.05) is 38.1 Å². The van der Waals surface area contributed by atoms with Crippen LogP contribution in [-0.2, 0) is 16.0 Å². The van der Waals surface area contributed by atoms with Crippen LogP contribution in [-0.4, -0.2) is 29.5 Å². The van der Waals surface area contributed by atoms with Crippen molar-refractivity contribution in [1.29, 1.82) is 0 Å². The van der Waals surface area contributed by atoms with Crippen LogP contribution in [0.4, 0.5) is 11.4 Å². The Morgan fingerprint density at radius 1 is 1.18 bits per heavy atom. The van der Waals surface area contributed by atoms with Gasteiger partial charge in [0, 0.05) is 18.3 Å². The number of benzene rings is 2. The Morgan fingerprint density at radius 3 is 2.58 bits per heavy atom. The highest BCUT2D eigenvalue weighted by molar-refractivity contribution is 7.80. The van der Waals surface area contributed by atoms with E-state index in [1.54, 1.807) is 6.08 Å². The van der Waals surface area contributed by atoms with Gasteiger partial charge < -0.3 is 4.90 Å². The van der Waals surface area contributed by atoms with Crippen molar-refractivity contribution < 1.29 is 9.59 Å². The number of hydrogen-bond donors (Lipinski definition) is 1. The van der Waals surface area contributed by atoms with Gasteiger partial charge in [0.1, 0.15) is 5.57 Å². The molecule has 0 aliphatic carbocycles. The number of amides is 2. The van der Waals surface area contributed by atoms with Gasteiger partial charge in [-0.25, -0.2) is 0 Å². The van der Waals surface area contributed by atoms with Gasteiger partial charge in [0.15, 0.2) is 5.11 Å². The maximum atomic E-state index is 13.5. The summed E-state index contributed by atoms with van der Waals surface area (Å²) in [5, 5.41) is 2.82. The summed E-state index contributed by atoms with van der Waals surface area (Å²) in [6.07, 6.45) is 3.50. The fourth-order valence-corrected chi connectivity index (χ4v) is 5.22. The molecule has 172 valence electrons. The molecule has 5 nitrogen and oxygen atoms in total. The first-order valence-electron chi connectivity index (χ1n) is 11.4. The fraction of sp³-hybridized carbons (Fsp3) is 0.370. The van der Waals surface area contributed by atoms with Gasteiger partial charge in [-0.15, -0.1) is 0 Å². The van der Waals surface area contributed by atoms with E-state index in [0.717, 1.165) is 29.5 Å². The lowest BCUT2D eigenvalue weighted by Gasteiger charge is -2.45. The molecule has 2 aromatic carbocycles. The normalized spacial score (nSPS) is 21.3. The van der Waals surface area contributed by atoms with Crippen LogP contribution in [0.1, 0.15) is 62.3 Å². The molecule has 33 heavy (non-hydrogen) atoms. The molecule has 1 atom stereocenters. The van der Waals surface area contributed by atoms with E-state index in [-0.39, 0.29) is 16.2 Å². The van der Waals surface area contributed by atoms with Gasteiger partial charge in [-0.3, -0.25) is 19.8 Å². The lowest BCUT2D eigenvalue weighted by Crippen LogP contribution is -2.54. The van der Waals surface area contributed by atoms with Crippen LogP contribution in [0, 0.1) is 6.92 Å². The van der Waals surface area contributed by atoms with E-state index < -0.39 is 11.8 Å². The van der Waals surface area contributed by atoms with Crippen LogP contribution >= 0.6 is 12.2 Å². The molecule has 1 N–H and O–H groups in total. The first-order chi connectivity index (χ1) is 15.5. The Bertz CT molecular complexity index is 1200. The van der Waals surface area contributed by atoms with Crippen LogP contribution in [0.2, 0.25) is 0 Å². The minimum Gasteiger partial charge on any atom is -0.369 e. The molecule has 0 spiro atoms. The van der Waals surface area contributed by atoms with Crippen molar-refractivity contribution in [2.75, 3.05) is 16.8 Å². The lowest BCUT2D eigenvalue weighted by atomic mass is 9.79. The number of aryl methyl sites for hydroxylation is 2. The van der Waals surface area contributed by atoms with Crippen molar-refractivity contribution in [1.82, 2.24) is 5.32 Å². The number of fused-ring (bicyclic) bond motifs is 1. The average molecular weight is 462 g/mol. The van der Waals surface area contributed by atoms with Gasteiger partial charge in [-0.2, -0.15) is 0 Å². The van der Waals surface area contributed by atoms with E-state index in [0.29, 0.717) is 11.6 Å². The largest absolute Gasteiger partial charge is 0.369 e. The summed E-state index contributed by atoms with van der Waals surface area (Å²) < 4.78 is 0. The summed E-state index contributed by atoms with van der Waals surface area (Å²) in [7, 11) is 2.13. The monoisotopic (exact) mass is 461 g/mol. The smallest absolute Gasteiger partial charge is 0.270 e. The molecule has 4 rings (SSSR count). The SMILES string of the molecule is CCc1ccccc1N1C(=O)/C(=C\c2cc3c(cc2C)N(C)C(C)(C)CC3C)C(=O)NC1=S. The Hall–Kier alpha value is -2.99. The van der Waals surface area contributed by atoms with Crippen molar-refractivity contribution >= 4 is 46.6 Å². The third-order valence-electron chi connectivity index (χ3n) is 7.04. The van der Waals surface area contributed by atoms with Crippen molar-refractivity contribution in [3.8, 4) is 0 Å². The highest BCUT2D eigenvalue weighted by atomic mass is 32.1. The van der Waals surface area contributed by atoms with Gasteiger partial charge in [0.05, 0.1) is 5.69 Å². The van der Waals surface area contributed by atoms with E-state index in [2.05, 4.69) is 50.2 Å². The molecule has 6 heteroatoms. The van der Waals surface area contributed by atoms with Crippen LogP contribution in [0.3, 0.4) is 0 Å². The van der Waals surface area contributed by atoms with E-state index in [4.69, 9.17) is 12.2 Å². The van der Waals surface area contributed by atoms with Gasteiger partial charge in [0.2, 0.25) is 0 Å². The zero-order valence-electron chi connectivity index (χ0n) is 20.2. The molecule has 2 aliphatic heterocycles. The molecule has 2 amide bonds. The number of para-hydroxylation sites is 1. The van der Waals surface area contributed by atoms with Crippen LogP contribution in [0.15, 0.2) is 42.0 Å². The predicted octanol–water partition coefficient (Wildman–Crippen LogP) is 5.11. The third kappa shape index (κ3) is 3.97. The Kier molecular flexibility index (Phi) is 5.91. The first kappa shape index (κ1) is 23.2. The summed E-state index contributed by atoms with van der Waals surface area (Å²) in [5.41, 5.74) is 6.21. The van der Waals surface area contributed by atoms with Crippen LogP contribution in [0.5, 0.6) is 0 Å². The van der Waals surface area contributed by atoms with Crippen molar-refractivity contribution in [2.45, 2.75) is 58.9 Å². The highest BCUT2D eigenvalue weighted by Crippen LogP contribution is 2.43. The second kappa shape index (κ2) is 8.41. The van der Waals surface area contributed by atoms with Crippen LogP contribution < -0.4 is 15.1 Å². The number of carbonyl (C=O) groups is 2. The highest BCUT2D eigenvalue weighted by Gasteiger charge is 2.37. The van der Waals surface area contributed by atoms with E-state index >= 15 is 0 Å². The summed E-state index contributed by atoms with van der Waals surface area (Å²) in [4.78, 5) is 30.1. The molecule has 0 bridgehead atoms. The third-order valence-corrected chi connectivity index (χ3v) is 7.32. The Balaban J connectivity index is 1.79. The minimum absolute atomic E-state index is 0.0704. The summed E-state index contributed by atoms with van der Waals surface area (Å²) in [5.74, 6) is -0.480. The zero-order valence-corrected chi connectivity index (χ0v) is 21.0. The number of thiocarbonyl (C=S) groups is 1. The molecule has 0 aromatic heterocycles. The second-order valence-electron chi connectivity index (χ2n) is 9.68. The number of nitrogens with zero attached hydrogens (tertiary/aromatic N) is 2. The second-order valence-corrected chi connectivity index (χ2v) is 10.1. The van der Waals surface area contributed by atoms with Gasteiger partial charge >= 0.3 is 0 Å². The fourth-order valence-electron chi connectivity index (χ4n) is 4.95. The van der Waals surface area contributed by atoms with Crippen LogP contribution in [0.25, 0.3) is 6.08 Å². The zero-order chi connectivity index (χ0) is 24.1. The molecule has 2 heterocycles. The minimum atomic E-state index is -0.460. The average Bonchev–Trinajstić information content (AvgIpc) is 2.75. The van der Waals surface area contributed by atoms with Crippen molar-refractivity contribution in [3.05, 3.63) is 64.2 Å². The number of rotatable bonds is 3. The van der Waals surface area contributed by atoms with E-state index in [9.17, 15) is 9.59 Å². The lowest BCUT2D eigenvalue weighted by molar-refractivity contribution is -0.122. The molecular weight excluding hydrogens is 430 g/mol. The quantitative estimate of drug-likeness (QED) is 0.392. The molecule has 2 aliphatic rings. The Morgan fingerprint density at radius 2 is 1.88 bits per heavy atom.